The van der Waals surface area contributed by atoms with Crippen molar-refractivity contribution in [1.29, 1.82) is 0 Å². The van der Waals surface area contributed by atoms with Crippen LogP contribution >= 0.6 is 0 Å². The van der Waals surface area contributed by atoms with Crippen LogP contribution in [0, 0.1) is 11.7 Å². The van der Waals surface area contributed by atoms with Crippen molar-refractivity contribution in [1.82, 2.24) is 0 Å². The number of ether oxygens (including phenoxy) is 1. The maximum Gasteiger partial charge on any atom is 0.123 e. The molecule has 2 nitrogen and oxygen atoms in total. The van der Waals surface area contributed by atoms with Gasteiger partial charge in [0, 0.05) is 12.0 Å². The largest absolute Gasteiger partial charge is 0.490 e. The number of halogens is 1. The molecular weight excluding hydrogens is 231 g/mol. The lowest BCUT2D eigenvalue weighted by molar-refractivity contribution is 0.0816. The number of aliphatic hydroxyl groups excluding tert-OH is 1. The van der Waals surface area contributed by atoms with Crippen LogP contribution in [0.3, 0.4) is 0 Å². The van der Waals surface area contributed by atoms with E-state index in [4.69, 9.17) is 4.74 Å². The third kappa shape index (κ3) is 2.51. The number of aliphatic hydroxyl groups is 1. The summed E-state index contributed by atoms with van der Waals surface area (Å²) in [6.45, 7) is 0. The Morgan fingerprint density at radius 2 is 2.22 bits per heavy atom. The second kappa shape index (κ2) is 4.88. The zero-order chi connectivity index (χ0) is 12.5. The average molecular weight is 250 g/mol. The van der Waals surface area contributed by atoms with E-state index >= 15 is 0 Å². The number of hydrogen-bond acceptors (Lipinski definition) is 2. The summed E-state index contributed by atoms with van der Waals surface area (Å²) < 4.78 is 19.0. The summed E-state index contributed by atoms with van der Waals surface area (Å²) in [5.74, 6) is 1.20. The van der Waals surface area contributed by atoms with Crippen molar-refractivity contribution in [2.24, 2.45) is 5.92 Å². The van der Waals surface area contributed by atoms with Crippen LogP contribution in [-0.4, -0.2) is 17.3 Å². The molecule has 1 aromatic carbocycles. The smallest absolute Gasteiger partial charge is 0.123 e. The molecule has 0 aromatic heterocycles. The van der Waals surface area contributed by atoms with Crippen molar-refractivity contribution < 1.29 is 14.2 Å². The lowest BCUT2D eigenvalue weighted by atomic mass is 9.83. The lowest BCUT2D eigenvalue weighted by Gasteiger charge is -2.27. The van der Waals surface area contributed by atoms with Crippen LogP contribution in [0.15, 0.2) is 18.2 Å². The van der Waals surface area contributed by atoms with E-state index in [9.17, 15) is 9.50 Å². The van der Waals surface area contributed by atoms with Crippen molar-refractivity contribution in [2.75, 3.05) is 0 Å². The topological polar surface area (TPSA) is 29.5 Å². The Morgan fingerprint density at radius 1 is 1.33 bits per heavy atom. The Morgan fingerprint density at radius 3 is 3.06 bits per heavy atom. The second-order valence-corrected chi connectivity index (χ2v) is 5.62. The standard InChI is InChI=1S/C15H19FO2/c16-12-4-5-15-11(8-12)9-14(18-15)7-10-2-1-3-13(17)6-10/h4-5,8,10,13-14,17H,1-3,6-7,9H2. The molecule has 3 rings (SSSR count). The quantitative estimate of drug-likeness (QED) is 0.874. The van der Waals surface area contributed by atoms with E-state index < -0.39 is 0 Å². The number of benzene rings is 1. The van der Waals surface area contributed by atoms with Gasteiger partial charge in [0.2, 0.25) is 0 Å². The first kappa shape index (κ1) is 12.0. The first-order chi connectivity index (χ1) is 8.70. The zero-order valence-corrected chi connectivity index (χ0v) is 10.4. The van der Waals surface area contributed by atoms with Crippen molar-refractivity contribution in [3.63, 3.8) is 0 Å². The van der Waals surface area contributed by atoms with Gasteiger partial charge in [-0.25, -0.2) is 4.39 Å². The summed E-state index contributed by atoms with van der Waals surface area (Å²) in [7, 11) is 0. The first-order valence-corrected chi connectivity index (χ1v) is 6.84. The van der Waals surface area contributed by atoms with Crippen molar-refractivity contribution >= 4 is 0 Å². The second-order valence-electron chi connectivity index (χ2n) is 5.62. The van der Waals surface area contributed by atoms with Gasteiger partial charge in [-0.05, 0) is 43.4 Å². The number of rotatable bonds is 2. The van der Waals surface area contributed by atoms with Gasteiger partial charge in [-0.3, -0.25) is 0 Å². The van der Waals surface area contributed by atoms with Gasteiger partial charge in [0.05, 0.1) is 6.10 Å². The van der Waals surface area contributed by atoms with Crippen LogP contribution in [0.4, 0.5) is 4.39 Å². The molecule has 0 bridgehead atoms. The van der Waals surface area contributed by atoms with E-state index in [1.165, 1.54) is 12.5 Å². The SMILES string of the molecule is OC1CCCC(CC2Cc3cc(F)ccc3O2)C1. The summed E-state index contributed by atoms with van der Waals surface area (Å²) in [5, 5.41) is 9.67. The van der Waals surface area contributed by atoms with E-state index in [0.717, 1.165) is 43.4 Å². The van der Waals surface area contributed by atoms with Gasteiger partial charge in [-0.2, -0.15) is 0 Å². The normalized spacial score (nSPS) is 30.9. The highest BCUT2D eigenvalue weighted by Gasteiger charge is 2.28. The Labute approximate surface area is 107 Å². The zero-order valence-electron chi connectivity index (χ0n) is 10.4. The Bertz CT molecular complexity index is 433. The van der Waals surface area contributed by atoms with Gasteiger partial charge in [0.15, 0.2) is 0 Å². The molecule has 1 fully saturated rings. The van der Waals surface area contributed by atoms with Gasteiger partial charge in [0.25, 0.3) is 0 Å². The maximum atomic E-state index is 13.1. The molecule has 3 unspecified atom stereocenters. The molecule has 0 saturated heterocycles. The Hall–Kier alpha value is -1.09. The van der Waals surface area contributed by atoms with Crippen LogP contribution in [0.2, 0.25) is 0 Å². The molecule has 1 heterocycles. The van der Waals surface area contributed by atoms with Crippen LogP contribution < -0.4 is 4.74 Å². The van der Waals surface area contributed by atoms with Crippen LogP contribution in [-0.2, 0) is 6.42 Å². The highest BCUT2D eigenvalue weighted by atomic mass is 19.1. The Balaban J connectivity index is 1.60. The molecule has 18 heavy (non-hydrogen) atoms. The lowest BCUT2D eigenvalue weighted by Crippen LogP contribution is -2.25. The van der Waals surface area contributed by atoms with Gasteiger partial charge in [-0.1, -0.05) is 12.8 Å². The van der Waals surface area contributed by atoms with E-state index in [0.29, 0.717) is 5.92 Å². The van der Waals surface area contributed by atoms with Crippen LogP contribution in [0.25, 0.3) is 0 Å². The summed E-state index contributed by atoms with van der Waals surface area (Å²) >= 11 is 0. The summed E-state index contributed by atoms with van der Waals surface area (Å²) in [6.07, 6.45) is 5.94. The maximum absolute atomic E-state index is 13.1. The highest BCUT2D eigenvalue weighted by Crippen LogP contribution is 2.35. The van der Waals surface area contributed by atoms with E-state index in [-0.39, 0.29) is 18.0 Å². The number of fused-ring (bicyclic) bond motifs is 1. The molecule has 3 atom stereocenters. The van der Waals surface area contributed by atoms with Crippen molar-refractivity contribution in [3.8, 4) is 5.75 Å². The fourth-order valence-corrected chi connectivity index (χ4v) is 3.27. The van der Waals surface area contributed by atoms with Crippen molar-refractivity contribution in [2.45, 2.75) is 50.7 Å². The molecule has 3 heteroatoms. The van der Waals surface area contributed by atoms with Gasteiger partial charge >= 0.3 is 0 Å². The fourth-order valence-electron chi connectivity index (χ4n) is 3.27. The third-order valence-corrected chi connectivity index (χ3v) is 4.12. The van der Waals surface area contributed by atoms with E-state index in [1.54, 1.807) is 12.1 Å². The molecular formula is C15H19FO2. The number of hydrogen-bond donors (Lipinski definition) is 1. The summed E-state index contributed by atoms with van der Waals surface area (Å²) in [4.78, 5) is 0. The van der Waals surface area contributed by atoms with Gasteiger partial charge < -0.3 is 9.84 Å². The minimum absolute atomic E-state index is 0.134. The summed E-state index contributed by atoms with van der Waals surface area (Å²) in [5.41, 5.74) is 0.983. The van der Waals surface area contributed by atoms with Gasteiger partial charge in [0.1, 0.15) is 17.7 Å². The average Bonchev–Trinajstić information content (AvgIpc) is 2.70. The molecule has 1 aliphatic carbocycles. The van der Waals surface area contributed by atoms with Crippen LogP contribution in [0.1, 0.15) is 37.7 Å². The molecule has 2 aliphatic rings. The summed E-state index contributed by atoms with van der Waals surface area (Å²) in [6, 6.07) is 4.75. The first-order valence-electron chi connectivity index (χ1n) is 6.84. The highest BCUT2D eigenvalue weighted by molar-refractivity contribution is 5.37. The molecule has 0 radical (unpaired) electrons. The van der Waals surface area contributed by atoms with Crippen LogP contribution in [0.5, 0.6) is 5.75 Å². The predicted octanol–water partition coefficient (Wildman–Crippen LogP) is 3.07. The molecule has 98 valence electrons. The minimum atomic E-state index is -0.189. The minimum Gasteiger partial charge on any atom is -0.490 e. The van der Waals surface area contributed by atoms with E-state index in [2.05, 4.69) is 0 Å². The Kier molecular flexibility index (Phi) is 3.25. The van der Waals surface area contributed by atoms with Gasteiger partial charge in [-0.15, -0.1) is 0 Å². The molecule has 1 aliphatic heterocycles. The molecule has 0 amide bonds. The predicted molar refractivity (Wildman–Crippen MR) is 67.1 cm³/mol. The monoisotopic (exact) mass is 250 g/mol. The third-order valence-electron chi connectivity index (χ3n) is 4.12. The molecule has 1 aromatic rings. The van der Waals surface area contributed by atoms with E-state index in [1.807, 2.05) is 0 Å². The fraction of sp³-hybridized carbons (Fsp3) is 0.600. The molecule has 0 spiro atoms. The van der Waals surface area contributed by atoms with Crippen molar-refractivity contribution in [3.05, 3.63) is 29.6 Å². The molecule has 1 saturated carbocycles. The molecule has 1 N–H and O–H groups in total.